The highest BCUT2D eigenvalue weighted by atomic mass is 15.0. The van der Waals surface area contributed by atoms with Gasteiger partial charge >= 0.3 is 0 Å². The maximum Gasteiger partial charge on any atom is 0.187 e. The van der Waals surface area contributed by atoms with Gasteiger partial charge in [0.25, 0.3) is 0 Å². The molecule has 3 aromatic heterocycles. The smallest absolute Gasteiger partial charge is 0.187 e. The second-order valence-corrected chi connectivity index (χ2v) is 17.1. The second kappa shape index (κ2) is 18.2. The van der Waals surface area contributed by atoms with Crippen LogP contribution in [0, 0.1) is 17.9 Å². The molecule has 0 aliphatic heterocycles. The van der Waals surface area contributed by atoms with Gasteiger partial charge in [0.2, 0.25) is 0 Å². The Bertz CT molecular complexity index is 3800. The van der Waals surface area contributed by atoms with Crippen molar-refractivity contribution in [2.45, 2.75) is 0 Å². The van der Waals surface area contributed by atoms with Gasteiger partial charge in [-0.1, -0.05) is 170 Å². The Labute approximate surface area is 410 Å². The molecule has 0 radical (unpaired) electrons. The Balaban J connectivity index is 1.14. The predicted octanol–water partition coefficient (Wildman–Crippen LogP) is 15.5. The Hall–Kier alpha value is -10.2. The molecule has 12 aromatic rings. The van der Waals surface area contributed by atoms with Crippen molar-refractivity contribution in [3.8, 4) is 102 Å². The molecule has 0 fully saturated rings. The van der Waals surface area contributed by atoms with Crippen LogP contribution >= 0.6 is 0 Å². The van der Waals surface area contributed by atoms with E-state index >= 15 is 0 Å². The monoisotopic (exact) mass is 906 g/mol. The summed E-state index contributed by atoms with van der Waals surface area (Å²) in [6.07, 6.45) is 0. The Morgan fingerprint density at radius 1 is 0.366 bits per heavy atom. The zero-order valence-electron chi connectivity index (χ0n) is 38.0. The van der Waals surface area contributed by atoms with Crippen LogP contribution in [0.2, 0.25) is 0 Å². The molecule has 8 heteroatoms. The van der Waals surface area contributed by atoms with Gasteiger partial charge in [-0.05, 0) is 82.9 Å². The fraction of sp³-hybridized carbons (Fsp3) is 0. The highest BCUT2D eigenvalue weighted by Crippen LogP contribution is 2.41. The third-order valence-corrected chi connectivity index (χ3v) is 12.7. The maximum atomic E-state index is 9.58. The van der Waals surface area contributed by atoms with Crippen molar-refractivity contribution in [3.63, 3.8) is 0 Å². The average Bonchev–Trinajstić information content (AvgIpc) is 3.78. The minimum absolute atomic E-state index is 0.510. The van der Waals surface area contributed by atoms with Gasteiger partial charge < -0.3 is 4.57 Å². The Morgan fingerprint density at radius 3 is 1.25 bits per heavy atom. The van der Waals surface area contributed by atoms with E-state index in [0.29, 0.717) is 34.5 Å². The minimum Gasteiger partial charge on any atom is -0.308 e. The van der Waals surface area contributed by atoms with Gasteiger partial charge in [-0.15, -0.1) is 0 Å². The number of hydrogen-bond donors (Lipinski definition) is 0. The van der Waals surface area contributed by atoms with Gasteiger partial charge in [-0.25, -0.2) is 29.8 Å². The first kappa shape index (κ1) is 42.2. The summed E-state index contributed by atoms with van der Waals surface area (Å²) < 4.78 is 2.30. The first-order valence-electron chi connectivity index (χ1n) is 23.2. The van der Waals surface area contributed by atoms with E-state index < -0.39 is 0 Å². The summed E-state index contributed by atoms with van der Waals surface area (Å²) in [6.45, 7) is 7.55. The van der Waals surface area contributed by atoms with Crippen molar-refractivity contribution in [2.24, 2.45) is 0 Å². The fourth-order valence-corrected chi connectivity index (χ4v) is 9.18. The molecule has 0 aliphatic rings. The van der Waals surface area contributed by atoms with Gasteiger partial charge in [0, 0.05) is 44.2 Å². The van der Waals surface area contributed by atoms with Crippen molar-refractivity contribution in [1.29, 1.82) is 5.26 Å². The van der Waals surface area contributed by atoms with E-state index in [1.54, 1.807) is 0 Å². The van der Waals surface area contributed by atoms with E-state index in [1.165, 1.54) is 0 Å². The van der Waals surface area contributed by atoms with E-state index in [1.807, 2.05) is 146 Å². The van der Waals surface area contributed by atoms with Crippen LogP contribution in [-0.2, 0) is 0 Å². The summed E-state index contributed by atoms with van der Waals surface area (Å²) in [6, 6.07) is 79.5. The van der Waals surface area contributed by atoms with Crippen molar-refractivity contribution < 1.29 is 0 Å². The molecule has 0 aliphatic carbocycles. The predicted molar refractivity (Wildman–Crippen MR) is 284 cm³/mol. The Morgan fingerprint density at radius 2 is 0.789 bits per heavy atom. The van der Waals surface area contributed by atoms with E-state index in [2.05, 4.69) is 100 Å². The third kappa shape index (κ3) is 8.14. The molecule has 0 saturated carbocycles. The van der Waals surface area contributed by atoms with Crippen LogP contribution in [0.4, 0.5) is 5.69 Å². The van der Waals surface area contributed by atoms with Crippen LogP contribution in [0.1, 0.15) is 5.56 Å². The van der Waals surface area contributed by atoms with Gasteiger partial charge in [0.05, 0.1) is 46.3 Å². The molecule has 12 rings (SSSR count). The molecule has 330 valence electrons. The normalized spacial score (nSPS) is 11.1. The summed E-state index contributed by atoms with van der Waals surface area (Å²) in [5.74, 6) is 2.17. The molecule has 8 nitrogen and oxygen atoms in total. The molecule has 0 spiro atoms. The number of nitriles is 1. The molecule has 0 saturated heterocycles. The molecular weight excluding hydrogens is 869 g/mol. The number of rotatable bonds is 9. The van der Waals surface area contributed by atoms with Crippen LogP contribution in [0.25, 0.3) is 123 Å². The van der Waals surface area contributed by atoms with E-state index in [9.17, 15) is 5.26 Å². The van der Waals surface area contributed by atoms with E-state index in [4.69, 9.17) is 31.5 Å². The molecule has 0 unspecified atom stereocenters. The lowest BCUT2D eigenvalue weighted by atomic mass is 9.99. The SMILES string of the molecule is [C-]#[N+]c1ccc(-c2ccc3c(c2)c2cc(-c4ccc(C#N)cc4)ccc2n3-c2ccc(-c3nc(-c4ccccc4)nc(-c4ccccc4)n3)cc2-c2nc(-c3ccccc3)cc(-c3ccccc3)n2)cc1. The van der Waals surface area contributed by atoms with Crippen LogP contribution in [0.15, 0.2) is 231 Å². The van der Waals surface area contributed by atoms with Crippen LogP contribution in [0.5, 0.6) is 0 Å². The third-order valence-electron chi connectivity index (χ3n) is 12.7. The topological polar surface area (TPSA) is 97.5 Å². The molecule has 0 N–H and O–H groups in total. The summed E-state index contributed by atoms with van der Waals surface area (Å²) in [7, 11) is 0. The largest absolute Gasteiger partial charge is 0.308 e. The van der Waals surface area contributed by atoms with E-state index in [0.717, 1.165) is 94.5 Å². The molecule has 0 atom stereocenters. The summed E-state index contributed by atoms with van der Waals surface area (Å²) >= 11 is 0. The number of fused-ring (bicyclic) bond motifs is 3. The second-order valence-electron chi connectivity index (χ2n) is 17.1. The summed E-state index contributed by atoms with van der Waals surface area (Å²) in [5.41, 5.74) is 14.9. The maximum absolute atomic E-state index is 9.58. The Kier molecular flexibility index (Phi) is 10.8. The molecule has 9 aromatic carbocycles. The quantitative estimate of drug-likeness (QED) is 0.134. The molecular formula is C63H38N8. The molecule has 0 bridgehead atoms. The number of benzene rings is 9. The van der Waals surface area contributed by atoms with Gasteiger partial charge in [0.1, 0.15) is 0 Å². The van der Waals surface area contributed by atoms with Crippen molar-refractivity contribution in [3.05, 3.63) is 248 Å². The standard InChI is InChI=1S/C63H38N8/c1-65-51-31-26-43(27-32-51)49-29-34-58-53(37-49)52-36-48(42-24-22-41(40-64)23-25-42)28-33-57(52)71(58)59-35-30-50(62-69-60(46-18-10-4-11-19-46)68-61(70-62)47-20-12-5-13-21-47)38-54(59)63-66-55(44-14-6-2-7-15-44)39-56(67-63)45-16-8-3-9-17-45/h2-39H. The zero-order valence-corrected chi connectivity index (χ0v) is 38.0. The summed E-state index contributed by atoms with van der Waals surface area (Å²) in [5, 5.41) is 11.7. The lowest BCUT2D eigenvalue weighted by molar-refractivity contribution is 1.07. The van der Waals surface area contributed by atoms with Gasteiger partial charge in [-0.3, -0.25) is 0 Å². The first-order valence-corrected chi connectivity index (χ1v) is 23.2. The summed E-state index contributed by atoms with van der Waals surface area (Å²) in [4.78, 5) is 29.7. The first-order chi connectivity index (χ1) is 35.1. The van der Waals surface area contributed by atoms with Gasteiger partial charge in [-0.2, -0.15) is 5.26 Å². The van der Waals surface area contributed by atoms with Crippen LogP contribution < -0.4 is 0 Å². The van der Waals surface area contributed by atoms with Crippen LogP contribution in [0.3, 0.4) is 0 Å². The van der Waals surface area contributed by atoms with Crippen molar-refractivity contribution >= 4 is 27.5 Å². The van der Waals surface area contributed by atoms with E-state index in [-0.39, 0.29) is 0 Å². The lowest BCUT2D eigenvalue weighted by Gasteiger charge is -2.17. The molecule has 3 heterocycles. The average molecular weight is 907 g/mol. The van der Waals surface area contributed by atoms with Crippen LogP contribution in [-0.4, -0.2) is 29.5 Å². The highest BCUT2D eigenvalue weighted by molar-refractivity contribution is 6.12. The lowest BCUT2D eigenvalue weighted by Crippen LogP contribution is -2.04. The molecule has 0 amide bonds. The fourth-order valence-electron chi connectivity index (χ4n) is 9.18. The highest BCUT2D eigenvalue weighted by Gasteiger charge is 2.22. The van der Waals surface area contributed by atoms with Crippen molar-refractivity contribution in [2.75, 3.05) is 0 Å². The molecule has 71 heavy (non-hydrogen) atoms. The number of aromatic nitrogens is 6. The number of hydrogen-bond acceptors (Lipinski definition) is 6. The minimum atomic E-state index is 0.510. The van der Waals surface area contributed by atoms with Crippen molar-refractivity contribution in [1.82, 2.24) is 29.5 Å². The van der Waals surface area contributed by atoms with Gasteiger partial charge in [0.15, 0.2) is 29.0 Å². The zero-order chi connectivity index (χ0) is 47.7. The number of nitrogens with zero attached hydrogens (tertiary/aromatic N) is 8.